The zero-order valence-electron chi connectivity index (χ0n) is 16.3. The molecular weight excluding hydrogens is 409 g/mol. The highest BCUT2D eigenvalue weighted by atomic mass is 19.4. The molecule has 2 N–H and O–H groups in total. The second-order valence-electron chi connectivity index (χ2n) is 7.10. The number of halogens is 3. The minimum absolute atomic E-state index is 0.201. The third-order valence-electron chi connectivity index (χ3n) is 4.89. The van der Waals surface area contributed by atoms with Crippen LogP contribution in [-0.2, 0) is 6.18 Å². The maximum atomic E-state index is 12.9. The molecule has 0 saturated heterocycles. The summed E-state index contributed by atoms with van der Waals surface area (Å²) < 4.78 is 38.7. The maximum absolute atomic E-state index is 12.9. The topological polar surface area (TPSA) is 91.8 Å². The summed E-state index contributed by atoms with van der Waals surface area (Å²) in [6, 6.07) is 9.53. The van der Waals surface area contributed by atoms with E-state index in [0.29, 0.717) is 33.9 Å². The molecular formula is C22H17F3N4O2. The maximum Gasteiger partial charge on any atom is 0.416 e. The Morgan fingerprint density at radius 1 is 1.10 bits per heavy atom. The van der Waals surface area contributed by atoms with Gasteiger partial charge in [-0.05, 0) is 30.3 Å². The predicted molar refractivity (Wildman–Crippen MR) is 109 cm³/mol. The smallest absolute Gasteiger partial charge is 0.396 e. The minimum Gasteiger partial charge on any atom is -0.396 e. The highest BCUT2D eigenvalue weighted by Crippen LogP contribution is 2.32. The van der Waals surface area contributed by atoms with E-state index in [-0.39, 0.29) is 12.0 Å². The molecule has 1 unspecified atom stereocenters. The molecule has 1 aromatic carbocycles. The van der Waals surface area contributed by atoms with E-state index in [1.54, 1.807) is 31.5 Å². The average Bonchev–Trinajstić information content (AvgIpc) is 2.78. The van der Waals surface area contributed by atoms with E-state index in [0.717, 1.165) is 12.1 Å². The summed E-state index contributed by atoms with van der Waals surface area (Å²) in [7, 11) is 0. The van der Waals surface area contributed by atoms with Crippen molar-refractivity contribution >= 4 is 10.9 Å². The van der Waals surface area contributed by atoms with Crippen molar-refractivity contribution in [2.24, 2.45) is 0 Å². The summed E-state index contributed by atoms with van der Waals surface area (Å²) in [5, 5.41) is 9.68. The number of aromatic nitrogens is 4. The van der Waals surface area contributed by atoms with Gasteiger partial charge in [-0.25, -0.2) is 9.97 Å². The summed E-state index contributed by atoms with van der Waals surface area (Å²) in [4.78, 5) is 28.7. The van der Waals surface area contributed by atoms with Crippen molar-refractivity contribution in [2.75, 3.05) is 6.61 Å². The fourth-order valence-corrected chi connectivity index (χ4v) is 3.16. The van der Waals surface area contributed by atoms with Gasteiger partial charge in [0.2, 0.25) is 0 Å². The minimum atomic E-state index is -4.45. The molecule has 0 aliphatic heterocycles. The lowest BCUT2D eigenvalue weighted by Crippen LogP contribution is -2.16. The summed E-state index contributed by atoms with van der Waals surface area (Å²) in [6.45, 7) is 1.52. The first-order chi connectivity index (χ1) is 14.8. The largest absolute Gasteiger partial charge is 0.416 e. The monoisotopic (exact) mass is 426 g/mol. The van der Waals surface area contributed by atoms with Gasteiger partial charge in [-0.3, -0.25) is 9.78 Å². The lowest BCUT2D eigenvalue weighted by Gasteiger charge is -2.13. The number of benzene rings is 1. The number of aromatic amines is 1. The van der Waals surface area contributed by atoms with E-state index in [1.807, 2.05) is 0 Å². The third-order valence-corrected chi connectivity index (χ3v) is 4.89. The molecule has 0 spiro atoms. The zero-order chi connectivity index (χ0) is 22.2. The van der Waals surface area contributed by atoms with E-state index in [9.17, 15) is 23.1 Å². The Labute approximate surface area is 174 Å². The van der Waals surface area contributed by atoms with Crippen LogP contribution in [0.4, 0.5) is 13.2 Å². The highest BCUT2D eigenvalue weighted by Gasteiger charge is 2.30. The summed E-state index contributed by atoms with van der Waals surface area (Å²) >= 11 is 0. The van der Waals surface area contributed by atoms with E-state index < -0.39 is 23.2 Å². The molecule has 0 saturated carbocycles. The van der Waals surface area contributed by atoms with Crippen LogP contribution in [0.2, 0.25) is 0 Å². The van der Waals surface area contributed by atoms with E-state index >= 15 is 0 Å². The number of pyridine rings is 2. The molecule has 0 bridgehead atoms. The summed E-state index contributed by atoms with van der Waals surface area (Å²) in [5.41, 5.74) is 0.845. The standard InChI is InChI=1S/C22H17F3N4O2/c1-12(11-30)20-28-19-16(21(31)29-20)9-17(27-18(19)14-3-2-8-26-10-14)13-4-6-15(7-5-13)22(23,24)25/h2-10,12,30H,11H2,1H3,(H,28,29,31). The van der Waals surface area contributed by atoms with Crippen LogP contribution in [0, 0.1) is 0 Å². The van der Waals surface area contributed by atoms with Gasteiger partial charge in [0.05, 0.1) is 28.9 Å². The first-order valence-corrected chi connectivity index (χ1v) is 9.42. The SMILES string of the molecule is CC(CO)c1nc2c(-c3cccnc3)nc(-c3ccc(C(F)(F)F)cc3)cc2c(=O)[nH]1. The van der Waals surface area contributed by atoms with E-state index in [1.165, 1.54) is 18.2 Å². The number of nitrogens with zero attached hydrogens (tertiary/aromatic N) is 3. The Balaban J connectivity index is 1.97. The molecule has 3 aromatic heterocycles. The molecule has 0 radical (unpaired) electrons. The molecule has 0 aliphatic carbocycles. The van der Waals surface area contributed by atoms with Gasteiger partial charge in [-0.15, -0.1) is 0 Å². The van der Waals surface area contributed by atoms with Crippen LogP contribution in [0.5, 0.6) is 0 Å². The van der Waals surface area contributed by atoms with Crippen molar-refractivity contribution in [1.29, 1.82) is 0 Å². The molecule has 6 nitrogen and oxygen atoms in total. The van der Waals surface area contributed by atoms with Gasteiger partial charge in [0.25, 0.3) is 5.56 Å². The van der Waals surface area contributed by atoms with Crippen molar-refractivity contribution in [3.8, 4) is 22.5 Å². The summed E-state index contributed by atoms with van der Waals surface area (Å²) in [6.07, 6.45) is -1.29. The van der Waals surface area contributed by atoms with E-state index in [2.05, 4.69) is 19.9 Å². The number of rotatable bonds is 4. The number of aliphatic hydroxyl groups is 1. The van der Waals surface area contributed by atoms with Crippen molar-refractivity contribution < 1.29 is 18.3 Å². The number of H-pyrrole nitrogens is 1. The number of fused-ring (bicyclic) bond motifs is 1. The Kier molecular flexibility index (Phi) is 5.28. The molecule has 0 fully saturated rings. The van der Waals surface area contributed by atoms with Crippen LogP contribution in [0.1, 0.15) is 24.2 Å². The van der Waals surface area contributed by atoms with Crippen molar-refractivity contribution in [3.05, 3.63) is 76.6 Å². The number of hydrogen-bond acceptors (Lipinski definition) is 5. The van der Waals surface area contributed by atoms with Gasteiger partial charge in [0, 0.05) is 29.4 Å². The molecule has 9 heteroatoms. The van der Waals surface area contributed by atoms with Crippen molar-refractivity contribution in [3.63, 3.8) is 0 Å². The average molecular weight is 426 g/mol. The van der Waals surface area contributed by atoms with Crippen LogP contribution in [0.3, 0.4) is 0 Å². The fraction of sp³-hybridized carbons (Fsp3) is 0.182. The predicted octanol–water partition coefficient (Wildman–Crippen LogP) is 4.16. The van der Waals surface area contributed by atoms with Gasteiger partial charge >= 0.3 is 6.18 Å². The van der Waals surface area contributed by atoms with Gasteiger partial charge in [-0.2, -0.15) is 13.2 Å². The molecule has 0 aliphatic rings. The first-order valence-electron chi connectivity index (χ1n) is 9.42. The van der Waals surface area contributed by atoms with Crippen LogP contribution < -0.4 is 5.56 Å². The van der Waals surface area contributed by atoms with Gasteiger partial charge < -0.3 is 10.1 Å². The highest BCUT2D eigenvalue weighted by molar-refractivity contribution is 5.93. The van der Waals surface area contributed by atoms with E-state index in [4.69, 9.17) is 0 Å². The van der Waals surface area contributed by atoms with Crippen molar-refractivity contribution in [2.45, 2.75) is 19.0 Å². The lowest BCUT2D eigenvalue weighted by molar-refractivity contribution is -0.137. The lowest BCUT2D eigenvalue weighted by atomic mass is 10.0. The first kappa shape index (κ1) is 20.7. The van der Waals surface area contributed by atoms with Crippen LogP contribution >= 0.6 is 0 Å². The number of nitrogens with one attached hydrogen (secondary N) is 1. The molecule has 1 atom stereocenters. The van der Waals surface area contributed by atoms with Crippen LogP contribution in [0.15, 0.2) is 59.7 Å². The Hall–Kier alpha value is -3.59. The van der Waals surface area contributed by atoms with Gasteiger partial charge in [-0.1, -0.05) is 19.1 Å². The molecule has 31 heavy (non-hydrogen) atoms. The number of aliphatic hydroxyl groups excluding tert-OH is 1. The fourth-order valence-electron chi connectivity index (χ4n) is 3.16. The number of alkyl halides is 3. The third kappa shape index (κ3) is 4.04. The second-order valence-corrected chi connectivity index (χ2v) is 7.10. The second kappa shape index (κ2) is 7.92. The quantitative estimate of drug-likeness (QED) is 0.511. The normalized spacial score (nSPS) is 12.8. The Morgan fingerprint density at radius 3 is 2.45 bits per heavy atom. The zero-order valence-corrected chi connectivity index (χ0v) is 16.3. The summed E-state index contributed by atoms with van der Waals surface area (Å²) in [5.74, 6) is -0.0809. The molecule has 3 heterocycles. The van der Waals surface area contributed by atoms with Crippen LogP contribution in [0.25, 0.3) is 33.4 Å². The van der Waals surface area contributed by atoms with Crippen molar-refractivity contribution in [1.82, 2.24) is 19.9 Å². The Bertz CT molecular complexity index is 1290. The molecule has 0 amide bonds. The van der Waals surface area contributed by atoms with Gasteiger partial charge in [0.15, 0.2) is 0 Å². The molecule has 4 aromatic rings. The molecule has 158 valence electrons. The van der Waals surface area contributed by atoms with Gasteiger partial charge in [0.1, 0.15) is 11.3 Å². The molecule has 4 rings (SSSR count). The Morgan fingerprint density at radius 2 is 1.84 bits per heavy atom. The van der Waals surface area contributed by atoms with Crippen LogP contribution in [-0.4, -0.2) is 31.6 Å². The number of hydrogen-bond donors (Lipinski definition) is 2.